The van der Waals surface area contributed by atoms with Gasteiger partial charge in [0.15, 0.2) is 0 Å². The third-order valence-electron chi connectivity index (χ3n) is 3.41. The van der Waals surface area contributed by atoms with Crippen LogP contribution in [0.2, 0.25) is 0 Å². The van der Waals surface area contributed by atoms with E-state index in [-0.39, 0.29) is 24.0 Å². The lowest BCUT2D eigenvalue weighted by Gasteiger charge is -2.15. The Labute approximate surface area is 149 Å². The fourth-order valence-electron chi connectivity index (χ4n) is 2.11. The van der Waals surface area contributed by atoms with Crippen LogP contribution in [0.1, 0.15) is 12.5 Å². The van der Waals surface area contributed by atoms with Gasteiger partial charge >= 0.3 is 19.3 Å². The molecule has 0 saturated heterocycles. The summed E-state index contributed by atoms with van der Waals surface area (Å²) in [5.74, 6) is 0. The highest BCUT2D eigenvalue weighted by molar-refractivity contribution is 7.54. The molecule has 1 aromatic heterocycles. The molecule has 0 unspecified atom stereocenters. The maximum atomic E-state index is 12.5. The lowest BCUT2D eigenvalue weighted by atomic mass is 10.1. The Morgan fingerprint density at radius 2 is 1.96 bits per heavy atom. The van der Waals surface area contributed by atoms with E-state index in [4.69, 9.17) is 18.2 Å². The second-order valence-corrected chi connectivity index (χ2v) is 7.28. The van der Waals surface area contributed by atoms with Gasteiger partial charge in [0.05, 0.1) is 24.0 Å². The topological polar surface area (TPSA) is 116 Å². The van der Waals surface area contributed by atoms with E-state index in [0.717, 1.165) is 0 Å². The Bertz CT molecular complexity index is 914. The van der Waals surface area contributed by atoms with Crippen molar-refractivity contribution in [3.05, 3.63) is 46.3 Å². The summed E-state index contributed by atoms with van der Waals surface area (Å²) in [7, 11) is -1.14. The second kappa shape index (κ2) is 8.75. The molecule has 0 bridgehead atoms. The molecule has 1 N–H and O–H groups in total. The molecule has 0 saturated carbocycles. The molecule has 26 heavy (non-hydrogen) atoms. The highest BCUT2D eigenvalue weighted by Gasteiger charge is 2.27. The summed E-state index contributed by atoms with van der Waals surface area (Å²) in [4.78, 5) is 23.9. The number of hydrazone groups is 1. The van der Waals surface area contributed by atoms with Crippen molar-refractivity contribution in [2.24, 2.45) is 5.10 Å². The van der Waals surface area contributed by atoms with E-state index in [1.54, 1.807) is 31.2 Å². The van der Waals surface area contributed by atoms with Gasteiger partial charge in [-0.3, -0.25) is 4.57 Å². The van der Waals surface area contributed by atoms with Crippen LogP contribution in [0.5, 0.6) is 0 Å². The van der Waals surface area contributed by atoms with Crippen molar-refractivity contribution in [3.8, 4) is 0 Å². The number of carbonyl (C=O) groups excluding carboxylic acids is 1. The van der Waals surface area contributed by atoms with Crippen LogP contribution in [0.25, 0.3) is 11.0 Å². The quantitative estimate of drug-likeness (QED) is 0.339. The van der Waals surface area contributed by atoms with Gasteiger partial charge in [0, 0.05) is 19.6 Å². The average Bonchev–Trinajstić information content (AvgIpc) is 2.64. The van der Waals surface area contributed by atoms with Crippen LogP contribution in [0.4, 0.5) is 4.79 Å². The number of para-hydroxylation sites is 1. The van der Waals surface area contributed by atoms with Crippen LogP contribution >= 0.6 is 7.60 Å². The molecule has 1 amide bonds. The van der Waals surface area contributed by atoms with Gasteiger partial charge in [-0.1, -0.05) is 18.2 Å². The zero-order chi connectivity index (χ0) is 19.2. The molecule has 140 valence electrons. The van der Waals surface area contributed by atoms with Gasteiger partial charge in [-0.2, -0.15) is 5.10 Å². The molecule has 1 heterocycles. The summed E-state index contributed by atoms with van der Waals surface area (Å²) in [5, 5.41) is 4.50. The highest BCUT2D eigenvalue weighted by Crippen LogP contribution is 2.46. The number of amides is 1. The van der Waals surface area contributed by atoms with Crippen LogP contribution in [-0.2, 0) is 18.3 Å². The number of nitrogens with one attached hydrogen (secondary N) is 1. The Kier molecular flexibility index (Phi) is 6.68. The predicted octanol–water partition coefficient (Wildman–Crippen LogP) is 2.73. The van der Waals surface area contributed by atoms with Crippen molar-refractivity contribution < 1.29 is 27.6 Å². The molecule has 0 radical (unpaired) electrons. The maximum Gasteiger partial charge on any atom is 0.427 e. The Morgan fingerprint density at radius 3 is 2.62 bits per heavy atom. The van der Waals surface area contributed by atoms with E-state index < -0.39 is 19.3 Å². The molecule has 9 nitrogen and oxygen atoms in total. The summed E-state index contributed by atoms with van der Waals surface area (Å²) < 4.78 is 32.3. The number of rotatable bonds is 7. The summed E-state index contributed by atoms with van der Waals surface area (Å²) >= 11 is 0. The smallest absolute Gasteiger partial charge is 0.427 e. The van der Waals surface area contributed by atoms with Gasteiger partial charge in [-0.15, -0.1) is 0 Å². The molecule has 2 rings (SSSR count). The minimum absolute atomic E-state index is 0.0230. The first-order chi connectivity index (χ1) is 12.4. The van der Waals surface area contributed by atoms with E-state index in [1.807, 2.05) is 0 Å². The zero-order valence-electron chi connectivity index (χ0n) is 14.6. The number of benzene rings is 1. The first kappa shape index (κ1) is 19.8. The largest absolute Gasteiger partial charge is 0.449 e. The highest BCUT2D eigenvalue weighted by atomic mass is 31.2. The van der Waals surface area contributed by atoms with E-state index in [1.165, 1.54) is 20.3 Å². The molecule has 0 aliphatic carbocycles. The van der Waals surface area contributed by atoms with Crippen molar-refractivity contribution in [1.82, 2.24) is 5.43 Å². The fraction of sp³-hybridized carbons (Fsp3) is 0.312. The van der Waals surface area contributed by atoms with E-state index in [2.05, 4.69) is 10.5 Å². The zero-order valence-corrected chi connectivity index (χ0v) is 15.4. The lowest BCUT2D eigenvalue weighted by Crippen LogP contribution is -2.25. The molecule has 0 spiro atoms. The van der Waals surface area contributed by atoms with Crippen LogP contribution in [-0.4, -0.2) is 38.8 Å². The molecule has 0 aliphatic heterocycles. The van der Waals surface area contributed by atoms with Gasteiger partial charge in [0.2, 0.25) is 0 Å². The van der Waals surface area contributed by atoms with Crippen LogP contribution < -0.4 is 11.1 Å². The number of hydrogen-bond acceptors (Lipinski definition) is 8. The van der Waals surface area contributed by atoms with Crippen LogP contribution in [0.15, 0.2) is 44.6 Å². The second-order valence-electron chi connectivity index (χ2n) is 5.01. The van der Waals surface area contributed by atoms with Gasteiger partial charge in [0.1, 0.15) is 5.58 Å². The standard InChI is InChI=1S/C16H19N2O7P/c1-4-24-16(20)18-17-13(10-26(21,22-2)23-3)12-9-11-7-5-6-8-14(11)25-15(12)19/h5-9H,4,10H2,1-3H3,(H,18,20). The Hall–Kier alpha value is -2.48. The van der Waals surface area contributed by atoms with E-state index in [0.29, 0.717) is 11.0 Å². The first-order valence-electron chi connectivity index (χ1n) is 7.65. The number of nitrogens with zero attached hydrogens (tertiary/aromatic N) is 1. The van der Waals surface area contributed by atoms with E-state index in [9.17, 15) is 14.2 Å². The van der Waals surface area contributed by atoms with Gasteiger partial charge in [-0.25, -0.2) is 15.0 Å². The van der Waals surface area contributed by atoms with Crippen molar-refractivity contribution in [2.45, 2.75) is 6.92 Å². The SMILES string of the molecule is CCOC(=O)NN=C(CP(=O)(OC)OC)c1cc2ccccc2oc1=O. The van der Waals surface area contributed by atoms with Gasteiger partial charge < -0.3 is 18.2 Å². The number of ether oxygens (including phenoxy) is 1. The molecule has 2 aromatic rings. The number of fused-ring (bicyclic) bond motifs is 1. The summed E-state index contributed by atoms with van der Waals surface area (Å²) in [6.07, 6.45) is -1.17. The lowest BCUT2D eigenvalue weighted by molar-refractivity contribution is 0.152. The number of carbonyl (C=O) groups is 1. The Morgan fingerprint density at radius 1 is 1.27 bits per heavy atom. The minimum Gasteiger partial charge on any atom is -0.449 e. The number of hydrogen-bond donors (Lipinski definition) is 1. The van der Waals surface area contributed by atoms with Gasteiger partial charge in [-0.05, 0) is 19.1 Å². The average molecular weight is 382 g/mol. The fourth-order valence-corrected chi connectivity index (χ4v) is 3.12. The van der Waals surface area contributed by atoms with Crippen LogP contribution in [0.3, 0.4) is 0 Å². The first-order valence-corrected chi connectivity index (χ1v) is 9.38. The third kappa shape index (κ3) is 4.78. The van der Waals surface area contributed by atoms with E-state index >= 15 is 0 Å². The third-order valence-corrected chi connectivity index (χ3v) is 5.21. The van der Waals surface area contributed by atoms with Crippen molar-refractivity contribution >= 4 is 30.4 Å². The van der Waals surface area contributed by atoms with Crippen molar-refractivity contribution in [2.75, 3.05) is 27.0 Å². The summed E-state index contributed by atoms with van der Waals surface area (Å²) in [5.41, 5.74) is 1.83. The summed E-state index contributed by atoms with van der Waals surface area (Å²) in [6.45, 7) is 1.77. The molecular formula is C16H19N2O7P. The van der Waals surface area contributed by atoms with Crippen molar-refractivity contribution in [3.63, 3.8) is 0 Å². The van der Waals surface area contributed by atoms with Crippen molar-refractivity contribution in [1.29, 1.82) is 0 Å². The monoisotopic (exact) mass is 382 g/mol. The molecule has 1 aromatic carbocycles. The Balaban J connectivity index is 2.50. The van der Waals surface area contributed by atoms with Gasteiger partial charge in [0.25, 0.3) is 0 Å². The normalized spacial score (nSPS) is 12.2. The molecule has 0 atom stereocenters. The minimum atomic E-state index is -3.56. The predicted molar refractivity (Wildman–Crippen MR) is 95.7 cm³/mol. The van der Waals surface area contributed by atoms with Crippen LogP contribution in [0, 0.1) is 0 Å². The molecular weight excluding hydrogens is 363 g/mol. The molecule has 0 aliphatic rings. The molecule has 10 heteroatoms. The maximum absolute atomic E-state index is 12.5. The molecule has 0 fully saturated rings. The summed E-state index contributed by atoms with van der Waals surface area (Å²) in [6, 6.07) is 8.41.